The highest BCUT2D eigenvalue weighted by Crippen LogP contribution is 2.23. The van der Waals surface area contributed by atoms with E-state index >= 15 is 0 Å². The summed E-state index contributed by atoms with van der Waals surface area (Å²) in [5.74, 6) is -0.249. The third-order valence-electron chi connectivity index (χ3n) is 5.44. The summed E-state index contributed by atoms with van der Waals surface area (Å²) in [4.78, 5) is 15.3. The van der Waals surface area contributed by atoms with E-state index in [1.54, 1.807) is 11.6 Å². The Hall–Kier alpha value is -2.67. The molecule has 1 amide bonds. The standard InChI is InChI=1S/C24H27ClN4O2/c1-17-6-8-19(9-7-17)16-29-23(25)22(18(2)27-29)24(30)26-21-5-3-4-20(14-21)15-28-10-12-31-13-11-28/h3-9,14H,10-13,15-16H2,1-2H3,(H,26,30). The first kappa shape index (κ1) is 21.6. The molecule has 0 radical (unpaired) electrons. The largest absolute Gasteiger partial charge is 0.379 e. The van der Waals surface area contributed by atoms with E-state index in [1.807, 2.05) is 37.3 Å². The van der Waals surface area contributed by atoms with Crippen LogP contribution in [0, 0.1) is 13.8 Å². The van der Waals surface area contributed by atoms with Gasteiger partial charge < -0.3 is 10.1 Å². The highest BCUT2D eigenvalue weighted by molar-refractivity contribution is 6.33. The molecule has 1 fully saturated rings. The van der Waals surface area contributed by atoms with Gasteiger partial charge in [0.05, 0.1) is 31.0 Å². The summed E-state index contributed by atoms with van der Waals surface area (Å²) in [5, 5.41) is 7.82. The van der Waals surface area contributed by atoms with Crippen LogP contribution in [-0.2, 0) is 17.8 Å². The minimum absolute atomic E-state index is 0.249. The van der Waals surface area contributed by atoms with Crippen LogP contribution in [0.4, 0.5) is 5.69 Å². The highest BCUT2D eigenvalue weighted by Gasteiger charge is 2.21. The average Bonchev–Trinajstić information content (AvgIpc) is 3.03. The Kier molecular flexibility index (Phi) is 6.70. The van der Waals surface area contributed by atoms with Gasteiger partial charge in [-0.25, -0.2) is 4.68 Å². The number of carbonyl (C=O) groups excluding carboxylic acids is 1. The molecule has 0 unspecified atom stereocenters. The third kappa shape index (κ3) is 5.34. The molecule has 6 nitrogen and oxygen atoms in total. The van der Waals surface area contributed by atoms with Crippen molar-refractivity contribution in [3.8, 4) is 0 Å². The number of carbonyl (C=O) groups is 1. The molecule has 1 aliphatic rings. The number of aryl methyl sites for hydroxylation is 2. The molecular formula is C24H27ClN4O2. The van der Waals surface area contributed by atoms with Gasteiger partial charge in [-0.2, -0.15) is 5.10 Å². The monoisotopic (exact) mass is 438 g/mol. The molecule has 3 aromatic rings. The summed E-state index contributed by atoms with van der Waals surface area (Å²) in [6.07, 6.45) is 0. The first-order valence-electron chi connectivity index (χ1n) is 10.5. The first-order valence-corrected chi connectivity index (χ1v) is 10.9. The van der Waals surface area contributed by atoms with Gasteiger partial charge in [0.2, 0.25) is 0 Å². The molecule has 1 N–H and O–H groups in total. The molecule has 7 heteroatoms. The molecule has 2 aromatic carbocycles. The number of morpholine rings is 1. The molecule has 0 spiro atoms. The summed E-state index contributed by atoms with van der Waals surface area (Å²) in [5.41, 5.74) is 5.20. The Morgan fingerprint density at radius 3 is 2.55 bits per heavy atom. The van der Waals surface area contributed by atoms with Crippen LogP contribution < -0.4 is 5.32 Å². The number of benzene rings is 2. The maximum atomic E-state index is 13.0. The van der Waals surface area contributed by atoms with Crippen LogP contribution in [-0.4, -0.2) is 46.9 Å². The van der Waals surface area contributed by atoms with E-state index in [2.05, 4.69) is 33.5 Å². The van der Waals surface area contributed by atoms with E-state index in [-0.39, 0.29) is 5.91 Å². The lowest BCUT2D eigenvalue weighted by atomic mass is 10.1. The Balaban J connectivity index is 1.46. The Bertz CT molecular complexity index is 1060. The second-order valence-corrected chi connectivity index (χ2v) is 8.30. The van der Waals surface area contributed by atoms with Crippen molar-refractivity contribution in [2.24, 2.45) is 0 Å². The summed E-state index contributed by atoms with van der Waals surface area (Å²) in [6, 6.07) is 16.1. The van der Waals surface area contributed by atoms with Crippen LogP contribution in [0.25, 0.3) is 0 Å². The molecule has 0 aliphatic carbocycles. The number of nitrogens with zero attached hydrogens (tertiary/aromatic N) is 3. The highest BCUT2D eigenvalue weighted by atomic mass is 35.5. The van der Waals surface area contributed by atoms with E-state index < -0.39 is 0 Å². The minimum Gasteiger partial charge on any atom is -0.379 e. The molecule has 31 heavy (non-hydrogen) atoms. The Labute approximate surface area is 187 Å². The van der Waals surface area contributed by atoms with E-state index in [9.17, 15) is 4.79 Å². The lowest BCUT2D eigenvalue weighted by molar-refractivity contribution is 0.0342. The first-order chi connectivity index (χ1) is 15.0. The molecule has 1 saturated heterocycles. The van der Waals surface area contributed by atoms with Crippen molar-refractivity contribution in [1.29, 1.82) is 0 Å². The van der Waals surface area contributed by atoms with Gasteiger partial charge in [0.25, 0.3) is 5.91 Å². The van der Waals surface area contributed by atoms with Crippen molar-refractivity contribution in [2.45, 2.75) is 26.9 Å². The van der Waals surface area contributed by atoms with Crippen molar-refractivity contribution in [2.75, 3.05) is 31.6 Å². The van der Waals surface area contributed by atoms with Gasteiger partial charge in [0.1, 0.15) is 5.15 Å². The number of hydrogen-bond acceptors (Lipinski definition) is 4. The molecule has 0 saturated carbocycles. The quantitative estimate of drug-likeness (QED) is 0.623. The molecule has 0 bridgehead atoms. The van der Waals surface area contributed by atoms with Crippen LogP contribution in [0.3, 0.4) is 0 Å². The molecule has 162 valence electrons. The van der Waals surface area contributed by atoms with Crippen molar-refractivity contribution in [3.63, 3.8) is 0 Å². The smallest absolute Gasteiger partial charge is 0.260 e. The number of nitrogens with one attached hydrogen (secondary N) is 1. The van der Waals surface area contributed by atoms with Crippen LogP contribution in [0.2, 0.25) is 5.15 Å². The molecule has 4 rings (SSSR count). The SMILES string of the molecule is Cc1ccc(Cn2nc(C)c(C(=O)Nc3cccc(CN4CCOCC4)c3)c2Cl)cc1. The van der Waals surface area contributed by atoms with Crippen molar-refractivity contribution in [1.82, 2.24) is 14.7 Å². The zero-order chi connectivity index (χ0) is 21.8. The van der Waals surface area contributed by atoms with Crippen molar-refractivity contribution >= 4 is 23.2 Å². The fourth-order valence-electron chi connectivity index (χ4n) is 3.74. The normalized spacial score (nSPS) is 14.5. The van der Waals surface area contributed by atoms with Gasteiger partial charge in [0.15, 0.2) is 0 Å². The molecule has 2 heterocycles. The zero-order valence-corrected chi connectivity index (χ0v) is 18.7. The topological polar surface area (TPSA) is 59.4 Å². The summed E-state index contributed by atoms with van der Waals surface area (Å²) in [6.45, 7) is 8.58. The van der Waals surface area contributed by atoms with Crippen LogP contribution >= 0.6 is 11.6 Å². The van der Waals surface area contributed by atoms with E-state index in [0.717, 1.165) is 49.7 Å². The molecule has 1 aliphatic heterocycles. The predicted octanol–water partition coefficient (Wildman–Crippen LogP) is 4.29. The number of hydrogen-bond donors (Lipinski definition) is 1. The average molecular weight is 439 g/mol. The minimum atomic E-state index is -0.249. The molecule has 0 atom stereocenters. The predicted molar refractivity (Wildman–Crippen MR) is 123 cm³/mol. The van der Waals surface area contributed by atoms with E-state index in [1.165, 1.54) is 5.56 Å². The lowest BCUT2D eigenvalue weighted by Gasteiger charge is -2.26. The number of ether oxygens (including phenoxy) is 1. The van der Waals surface area contributed by atoms with E-state index in [4.69, 9.17) is 16.3 Å². The number of halogens is 1. The summed E-state index contributed by atoms with van der Waals surface area (Å²) < 4.78 is 7.08. The van der Waals surface area contributed by atoms with Gasteiger partial charge in [-0.15, -0.1) is 0 Å². The Morgan fingerprint density at radius 2 is 1.81 bits per heavy atom. The maximum Gasteiger partial charge on any atom is 0.260 e. The van der Waals surface area contributed by atoms with Gasteiger partial charge in [0, 0.05) is 25.3 Å². The lowest BCUT2D eigenvalue weighted by Crippen LogP contribution is -2.35. The van der Waals surface area contributed by atoms with E-state index in [0.29, 0.717) is 23.0 Å². The molecular weight excluding hydrogens is 412 g/mol. The summed E-state index contributed by atoms with van der Waals surface area (Å²) in [7, 11) is 0. The van der Waals surface area contributed by atoms with Gasteiger partial charge >= 0.3 is 0 Å². The van der Waals surface area contributed by atoms with Gasteiger partial charge in [-0.05, 0) is 37.1 Å². The molecule has 1 aromatic heterocycles. The van der Waals surface area contributed by atoms with Gasteiger partial charge in [-0.1, -0.05) is 53.6 Å². The van der Waals surface area contributed by atoms with Crippen LogP contribution in [0.15, 0.2) is 48.5 Å². The van der Waals surface area contributed by atoms with Crippen LogP contribution in [0.5, 0.6) is 0 Å². The fourth-order valence-corrected chi connectivity index (χ4v) is 4.06. The second-order valence-electron chi connectivity index (χ2n) is 7.94. The number of amides is 1. The number of rotatable bonds is 6. The zero-order valence-electron chi connectivity index (χ0n) is 17.9. The number of anilines is 1. The van der Waals surface area contributed by atoms with Gasteiger partial charge in [-0.3, -0.25) is 9.69 Å². The Morgan fingerprint density at radius 1 is 1.06 bits per heavy atom. The fraction of sp³-hybridized carbons (Fsp3) is 0.333. The van der Waals surface area contributed by atoms with Crippen molar-refractivity contribution < 1.29 is 9.53 Å². The summed E-state index contributed by atoms with van der Waals surface area (Å²) >= 11 is 6.55. The van der Waals surface area contributed by atoms with Crippen molar-refractivity contribution in [3.05, 3.63) is 81.6 Å². The maximum absolute atomic E-state index is 13.0. The number of aromatic nitrogens is 2. The second kappa shape index (κ2) is 9.64. The third-order valence-corrected chi connectivity index (χ3v) is 5.82. The van der Waals surface area contributed by atoms with Crippen LogP contribution in [0.1, 0.15) is 32.7 Å².